The van der Waals surface area contributed by atoms with Gasteiger partial charge in [-0.2, -0.15) is 0 Å². The molecule has 1 saturated carbocycles. The summed E-state index contributed by atoms with van der Waals surface area (Å²) < 4.78 is 0. The van der Waals surface area contributed by atoms with Crippen molar-refractivity contribution in [2.45, 2.75) is 75.9 Å². The molecule has 0 bridgehead atoms. The van der Waals surface area contributed by atoms with Crippen LogP contribution < -0.4 is 16.0 Å². The maximum Gasteiger partial charge on any atom is 0.317 e. The monoisotopic (exact) mass is 358 g/mol. The topological polar surface area (TPSA) is 73.5 Å². The molecule has 2 saturated heterocycles. The molecule has 0 aromatic heterocycles. The number of hydrogen-bond acceptors (Lipinski definition) is 3. The van der Waals surface area contributed by atoms with Crippen LogP contribution in [-0.2, 0) is 4.79 Å². The zero-order valence-electron chi connectivity index (χ0n) is 14.4. The number of amides is 3. The van der Waals surface area contributed by atoms with Crippen LogP contribution in [0.1, 0.15) is 57.8 Å². The maximum absolute atomic E-state index is 12.3. The molecule has 7 heteroatoms. The number of carbonyl (C=O) groups is 2. The Bertz CT molecular complexity index is 415. The number of nitrogens with zero attached hydrogens (tertiary/aromatic N) is 1. The summed E-state index contributed by atoms with van der Waals surface area (Å²) in [7, 11) is 0. The number of halogens is 1. The molecule has 3 amide bonds. The van der Waals surface area contributed by atoms with Gasteiger partial charge in [-0.25, -0.2) is 4.79 Å². The van der Waals surface area contributed by atoms with Crippen LogP contribution in [0.2, 0.25) is 0 Å². The first-order valence-corrected chi connectivity index (χ1v) is 9.31. The molecule has 6 nitrogen and oxygen atoms in total. The third-order valence-corrected chi connectivity index (χ3v) is 5.44. The van der Waals surface area contributed by atoms with E-state index in [0.29, 0.717) is 6.04 Å². The quantitative estimate of drug-likeness (QED) is 0.720. The molecule has 1 atom stereocenters. The Balaban J connectivity index is 0.00000208. The minimum Gasteiger partial charge on any atom is -0.352 e. The molecule has 0 radical (unpaired) electrons. The van der Waals surface area contributed by atoms with Crippen molar-refractivity contribution in [3.63, 3.8) is 0 Å². The number of hydrogen-bond donors (Lipinski definition) is 3. The van der Waals surface area contributed by atoms with Crippen molar-refractivity contribution in [3.05, 3.63) is 0 Å². The molecule has 0 spiro atoms. The van der Waals surface area contributed by atoms with Crippen molar-refractivity contribution >= 4 is 24.3 Å². The van der Waals surface area contributed by atoms with Gasteiger partial charge in [-0.05, 0) is 45.1 Å². The second-order valence-electron chi connectivity index (χ2n) is 7.20. The molecule has 1 unspecified atom stereocenters. The van der Waals surface area contributed by atoms with E-state index in [-0.39, 0.29) is 36.4 Å². The van der Waals surface area contributed by atoms with E-state index >= 15 is 0 Å². The summed E-state index contributed by atoms with van der Waals surface area (Å²) in [6.45, 7) is 2.42. The fourth-order valence-corrected chi connectivity index (χ4v) is 3.95. The molecular weight excluding hydrogens is 328 g/mol. The van der Waals surface area contributed by atoms with Crippen LogP contribution in [0.25, 0.3) is 0 Å². The molecule has 138 valence electrons. The van der Waals surface area contributed by atoms with Gasteiger partial charge in [0.2, 0.25) is 5.91 Å². The van der Waals surface area contributed by atoms with E-state index in [0.717, 1.165) is 58.2 Å². The summed E-state index contributed by atoms with van der Waals surface area (Å²) >= 11 is 0. The molecule has 3 fully saturated rings. The average Bonchev–Trinajstić information content (AvgIpc) is 3.11. The molecular formula is C17H31ClN4O2. The molecule has 3 rings (SSSR count). The van der Waals surface area contributed by atoms with Crippen molar-refractivity contribution in [1.29, 1.82) is 0 Å². The van der Waals surface area contributed by atoms with Gasteiger partial charge >= 0.3 is 6.03 Å². The lowest BCUT2D eigenvalue weighted by atomic mass is 9.95. The number of urea groups is 1. The van der Waals surface area contributed by atoms with E-state index in [1.807, 2.05) is 4.90 Å². The molecule has 3 aliphatic rings. The van der Waals surface area contributed by atoms with Gasteiger partial charge in [0.25, 0.3) is 0 Å². The number of rotatable bonds is 3. The summed E-state index contributed by atoms with van der Waals surface area (Å²) in [6.07, 6.45) is 9.73. The summed E-state index contributed by atoms with van der Waals surface area (Å²) in [5.41, 5.74) is 0. The Morgan fingerprint density at radius 1 is 0.833 bits per heavy atom. The predicted molar refractivity (Wildman–Crippen MR) is 96.4 cm³/mol. The lowest BCUT2D eigenvalue weighted by molar-refractivity contribution is -0.123. The SMILES string of the molecule is Cl.O=C(NC1CCN(C(=O)NC2CCCCC2)CC1)C1CCCN1. The van der Waals surface area contributed by atoms with Gasteiger partial charge < -0.3 is 20.9 Å². The zero-order valence-corrected chi connectivity index (χ0v) is 15.2. The van der Waals surface area contributed by atoms with Gasteiger partial charge in [0.15, 0.2) is 0 Å². The predicted octanol–water partition coefficient (Wildman–Crippen LogP) is 1.78. The van der Waals surface area contributed by atoms with Crippen molar-refractivity contribution in [3.8, 4) is 0 Å². The Morgan fingerprint density at radius 3 is 2.12 bits per heavy atom. The van der Waals surface area contributed by atoms with Gasteiger partial charge in [0.1, 0.15) is 0 Å². The van der Waals surface area contributed by atoms with Crippen molar-refractivity contribution in [2.24, 2.45) is 0 Å². The molecule has 0 aromatic rings. The maximum atomic E-state index is 12.3. The van der Waals surface area contributed by atoms with Gasteiger partial charge in [-0.3, -0.25) is 4.79 Å². The fourth-order valence-electron chi connectivity index (χ4n) is 3.95. The Labute approximate surface area is 150 Å². The first kappa shape index (κ1) is 19.3. The number of carbonyl (C=O) groups excluding carboxylic acids is 2. The van der Waals surface area contributed by atoms with Crippen LogP contribution in [0.3, 0.4) is 0 Å². The van der Waals surface area contributed by atoms with Crippen LogP contribution in [0.15, 0.2) is 0 Å². The standard InChI is InChI=1S/C17H30N4O2.ClH/c22-16(15-7-4-10-18-15)19-14-8-11-21(12-9-14)17(23)20-13-5-2-1-3-6-13;/h13-15,18H,1-12H2,(H,19,22)(H,20,23);1H. The fraction of sp³-hybridized carbons (Fsp3) is 0.882. The highest BCUT2D eigenvalue weighted by Gasteiger charge is 2.28. The molecule has 3 N–H and O–H groups in total. The first-order valence-electron chi connectivity index (χ1n) is 9.31. The zero-order chi connectivity index (χ0) is 16.1. The van der Waals surface area contributed by atoms with Gasteiger partial charge in [-0.1, -0.05) is 19.3 Å². The Hall–Kier alpha value is -1.01. The summed E-state index contributed by atoms with van der Waals surface area (Å²) in [5.74, 6) is 0.132. The lowest BCUT2D eigenvalue weighted by Gasteiger charge is -2.34. The van der Waals surface area contributed by atoms with E-state index in [9.17, 15) is 9.59 Å². The summed E-state index contributed by atoms with van der Waals surface area (Å²) in [6, 6.07) is 0.646. The third-order valence-electron chi connectivity index (χ3n) is 5.44. The second kappa shape index (κ2) is 9.47. The lowest BCUT2D eigenvalue weighted by Crippen LogP contribution is -2.53. The largest absolute Gasteiger partial charge is 0.352 e. The second-order valence-corrected chi connectivity index (χ2v) is 7.20. The first-order chi connectivity index (χ1) is 11.2. The third kappa shape index (κ3) is 5.24. The van der Waals surface area contributed by atoms with Gasteiger partial charge in [0.05, 0.1) is 6.04 Å². The van der Waals surface area contributed by atoms with Crippen LogP contribution in [0, 0.1) is 0 Å². The van der Waals surface area contributed by atoms with Crippen LogP contribution in [-0.4, -0.2) is 54.6 Å². The number of likely N-dealkylation sites (tertiary alicyclic amines) is 1. The molecule has 1 aliphatic carbocycles. The highest BCUT2D eigenvalue weighted by molar-refractivity contribution is 5.85. The average molecular weight is 359 g/mol. The minimum absolute atomic E-state index is 0. The molecule has 0 aromatic carbocycles. The van der Waals surface area contributed by atoms with E-state index in [2.05, 4.69) is 16.0 Å². The number of nitrogens with one attached hydrogen (secondary N) is 3. The van der Waals surface area contributed by atoms with Crippen molar-refractivity contribution in [1.82, 2.24) is 20.9 Å². The Kier molecular flexibility index (Phi) is 7.62. The highest BCUT2D eigenvalue weighted by Crippen LogP contribution is 2.18. The smallest absolute Gasteiger partial charge is 0.317 e. The molecule has 24 heavy (non-hydrogen) atoms. The van der Waals surface area contributed by atoms with E-state index in [4.69, 9.17) is 0 Å². The van der Waals surface area contributed by atoms with Crippen molar-refractivity contribution < 1.29 is 9.59 Å². The molecule has 2 aliphatic heterocycles. The van der Waals surface area contributed by atoms with Gasteiger partial charge in [-0.15, -0.1) is 12.4 Å². The summed E-state index contributed by atoms with van der Waals surface area (Å²) in [5, 5.41) is 9.55. The highest BCUT2D eigenvalue weighted by atomic mass is 35.5. The van der Waals surface area contributed by atoms with Gasteiger partial charge in [0, 0.05) is 25.2 Å². The van der Waals surface area contributed by atoms with E-state index in [1.54, 1.807) is 0 Å². The normalized spacial score (nSPS) is 25.8. The van der Waals surface area contributed by atoms with Crippen LogP contribution in [0.5, 0.6) is 0 Å². The number of piperidine rings is 1. The van der Waals surface area contributed by atoms with Crippen LogP contribution in [0.4, 0.5) is 4.79 Å². The van der Waals surface area contributed by atoms with Crippen molar-refractivity contribution in [2.75, 3.05) is 19.6 Å². The van der Waals surface area contributed by atoms with E-state index in [1.165, 1.54) is 19.3 Å². The minimum atomic E-state index is -0.0115. The van der Waals surface area contributed by atoms with Crippen LogP contribution >= 0.6 is 12.4 Å². The Morgan fingerprint density at radius 2 is 1.50 bits per heavy atom. The van der Waals surface area contributed by atoms with E-state index < -0.39 is 0 Å². The molecule has 2 heterocycles. The summed E-state index contributed by atoms with van der Waals surface area (Å²) in [4.78, 5) is 26.4.